The van der Waals surface area contributed by atoms with Gasteiger partial charge in [0.15, 0.2) is 0 Å². The topological polar surface area (TPSA) is 38.1 Å². The van der Waals surface area contributed by atoms with Gasteiger partial charge >= 0.3 is 0 Å². The molecule has 0 N–H and O–H groups in total. The number of nitrogens with zero attached hydrogens (tertiary/aromatic N) is 3. The van der Waals surface area contributed by atoms with Crippen LogP contribution < -0.4 is 0 Å². The fraction of sp³-hybridized carbons (Fsp3) is 0.417. The minimum Gasteiger partial charge on any atom is -0.335 e. The molecule has 3 aromatic rings. The summed E-state index contributed by atoms with van der Waals surface area (Å²) in [6.07, 6.45) is 2.11. The summed E-state index contributed by atoms with van der Waals surface area (Å²) >= 11 is 0. The lowest BCUT2D eigenvalue weighted by molar-refractivity contribution is -0.131. The molecule has 0 aliphatic heterocycles. The third-order valence-electron chi connectivity index (χ3n) is 5.09. The maximum absolute atomic E-state index is 13.5. The minimum atomic E-state index is -0.311. The lowest BCUT2D eigenvalue weighted by Crippen LogP contribution is -2.34. The number of amides is 1. The smallest absolute Gasteiger partial charge is 0.227 e. The van der Waals surface area contributed by atoms with Gasteiger partial charge in [-0.3, -0.25) is 4.79 Å². The van der Waals surface area contributed by atoms with Crippen LogP contribution >= 0.6 is 0 Å². The third-order valence-corrected chi connectivity index (χ3v) is 5.09. The van der Waals surface area contributed by atoms with Gasteiger partial charge in [-0.25, -0.2) is 9.37 Å². The number of carbonyl (C=O) groups excluding carboxylic acids is 1. The fourth-order valence-electron chi connectivity index (χ4n) is 3.53. The third kappa shape index (κ3) is 5.43. The largest absolute Gasteiger partial charge is 0.335 e. The first-order valence-corrected chi connectivity index (χ1v) is 10.4. The predicted octanol–water partition coefficient (Wildman–Crippen LogP) is 5.20. The van der Waals surface area contributed by atoms with Gasteiger partial charge in [-0.1, -0.05) is 45.0 Å². The number of benzene rings is 2. The molecule has 0 saturated heterocycles. The van der Waals surface area contributed by atoms with Crippen LogP contribution in [0.2, 0.25) is 0 Å². The van der Waals surface area contributed by atoms with Crippen LogP contribution in [0.3, 0.4) is 0 Å². The lowest BCUT2D eigenvalue weighted by Gasteiger charge is -2.24. The van der Waals surface area contributed by atoms with Crippen molar-refractivity contribution in [2.45, 2.75) is 53.1 Å². The van der Waals surface area contributed by atoms with Gasteiger partial charge in [-0.15, -0.1) is 0 Å². The molecule has 0 fully saturated rings. The second-order valence-corrected chi connectivity index (χ2v) is 7.97. The Labute approximate surface area is 172 Å². The Bertz CT molecular complexity index is 964. The summed E-state index contributed by atoms with van der Waals surface area (Å²) in [6.45, 7) is 8.45. The van der Waals surface area contributed by atoms with Crippen molar-refractivity contribution in [2.75, 3.05) is 6.54 Å². The molecule has 0 saturated carbocycles. The Morgan fingerprint density at radius 2 is 1.97 bits per heavy atom. The summed E-state index contributed by atoms with van der Waals surface area (Å²) in [7, 11) is 0. The highest BCUT2D eigenvalue weighted by molar-refractivity contribution is 5.79. The van der Waals surface area contributed by atoms with Gasteiger partial charge in [-0.05, 0) is 48.6 Å². The average Bonchev–Trinajstić information content (AvgIpc) is 3.02. The number of hydrogen-bond acceptors (Lipinski definition) is 2. The molecule has 0 unspecified atom stereocenters. The number of rotatable bonds is 9. The molecular formula is C24H30FN3O. The summed E-state index contributed by atoms with van der Waals surface area (Å²) in [5.74, 6) is 1.10. The summed E-state index contributed by atoms with van der Waals surface area (Å²) in [6, 6.07) is 14.4. The molecule has 0 aliphatic rings. The molecule has 29 heavy (non-hydrogen) atoms. The van der Waals surface area contributed by atoms with E-state index in [9.17, 15) is 9.18 Å². The number of fused-ring (bicyclic) bond motifs is 1. The molecule has 5 heteroatoms. The second-order valence-electron chi connectivity index (χ2n) is 7.97. The Balaban J connectivity index is 1.86. The SMILES string of the molecule is CCCn1c(CN(CCC(C)C)C(=O)Cc2cccc(F)c2)nc2ccccc21. The predicted molar refractivity (Wildman–Crippen MR) is 115 cm³/mol. The van der Waals surface area contributed by atoms with Crippen LogP contribution in [0.15, 0.2) is 48.5 Å². The van der Waals surface area contributed by atoms with Crippen LogP contribution in [0.1, 0.15) is 45.0 Å². The van der Waals surface area contributed by atoms with E-state index in [2.05, 4.69) is 31.4 Å². The monoisotopic (exact) mass is 395 g/mol. The minimum absolute atomic E-state index is 0.00588. The molecule has 2 aromatic carbocycles. The van der Waals surface area contributed by atoms with Gasteiger partial charge in [0.25, 0.3) is 0 Å². The maximum atomic E-state index is 13.5. The molecule has 4 nitrogen and oxygen atoms in total. The number of halogens is 1. The number of imidazole rings is 1. The summed E-state index contributed by atoms with van der Waals surface area (Å²) < 4.78 is 15.8. The van der Waals surface area contributed by atoms with E-state index in [1.807, 2.05) is 23.1 Å². The Morgan fingerprint density at radius 1 is 1.17 bits per heavy atom. The summed E-state index contributed by atoms with van der Waals surface area (Å²) in [5.41, 5.74) is 2.76. The average molecular weight is 396 g/mol. The molecule has 154 valence electrons. The van der Waals surface area contributed by atoms with Crippen LogP contribution in [0.4, 0.5) is 4.39 Å². The molecule has 1 aromatic heterocycles. The van der Waals surface area contributed by atoms with Crippen molar-refractivity contribution in [3.05, 3.63) is 65.7 Å². The molecule has 3 rings (SSSR count). The second kappa shape index (κ2) is 9.68. The Hall–Kier alpha value is -2.69. The Kier molecular flexibility index (Phi) is 7.02. The van der Waals surface area contributed by atoms with E-state index >= 15 is 0 Å². The van der Waals surface area contributed by atoms with E-state index < -0.39 is 0 Å². The quantitative estimate of drug-likeness (QED) is 0.499. The van der Waals surface area contributed by atoms with Crippen LogP contribution in [0.5, 0.6) is 0 Å². The lowest BCUT2D eigenvalue weighted by atomic mass is 10.1. The van der Waals surface area contributed by atoms with Crippen molar-refractivity contribution in [2.24, 2.45) is 5.92 Å². The molecule has 0 aliphatic carbocycles. The zero-order valence-electron chi connectivity index (χ0n) is 17.6. The van der Waals surface area contributed by atoms with Gasteiger partial charge in [0, 0.05) is 13.1 Å². The van der Waals surface area contributed by atoms with Crippen LogP contribution in [0, 0.1) is 11.7 Å². The van der Waals surface area contributed by atoms with E-state index in [1.165, 1.54) is 12.1 Å². The zero-order chi connectivity index (χ0) is 20.8. The highest BCUT2D eigenvalue weighted by Crippen LogP contribution is 2.19. The van der Waals surface area contributed by atoms with Crippen molar-refractivity contribution < 1.29 is 9.18 Å². The van der Waals surface area contributed by atoms with Crippen molar-refractivity contribution in [1.82, 2.24) is 14.5 Å². The van der Waals surface area contributed by atoms with E-state index in [4.69, 9.17) is 4.98 Å². The van der Waals surface area contributed by atoms with E-state index in [-0.39, 0.29) is 18.1 Å². The number of hydrogen-bond donors (Lipinski definition) is 0. The highest BCUT2D eigenvalue weighted by Gasteiger charge is 2.19. The molecule has 1 heterocycles. The zero-order valence-corrected chi connectivity index (χ0v) is 17.6. The Morgan fingerprint density at radius 3 is 2.69 bits per heavy atom. The van der Waals surface area contributed by atoms with Crippen LogP contribution in [-0.4, -0.2) is 26.9 Å². The fourth-order valence-corrected chi connectivity index (χ4v) is 3.53. The molecule has 0 spiro atoms. The summed E-state index contributed by atoms with van der Waals surface area (Å²) in [4.78, 5) is 19.8. The number of aromatic nitrogens is 2. The van der Waals surface area contributed by atoms with Crippen molar-refractivity contribution in [3.63, 3.8) is 0 Å². The summed E-state index contributed by atoms with van der Waals surface area (Å²) in [5, 5.41) is 0. The van der Waals surface area contributed by atoms with Crippen LogP contribution in [-0.2, 0) is 24.3 Å². The molecular weight excluding hydrogens is 365 g/mol. The van der Waals surface area contributed by atoms with Gasteiger partial charge in [0.2, 0.25) is 5.91 Å². The van der Waals surface area contributed by atoms with Crippen molar-refractivity contribution >= 4 is 16.9 Å². The normalized spacial score (nSPS) is 11.3. The molecule has 0 radical (unpaired) electrons. The van der Waals surface area contributed by atoms with Gasteiger partial charge < -0.3 is 9.47 Å². The van der Waals surface area contributed by atoms with Crippen LogP contribution in [0.25, 0.3) is 11.0 Å². The van der Waals surface area contributed by atoms with Gasteiger partial charge in [-0.2, -0.15) is 0 Å². The van der Waals surface area contributed by atoms with Crippen molar-refractivity contribution in [3.8, 4) is 0 Å². The number of para-hydroxylation sites is 2. The number of aryl methyl sites for hydroxylation is 1. The maximum Gasteiger partial charge on any atom is 0.227 e. The number of carbonyl (C=O) groups is 1. The standard InChI is InChI=1S/C24H30FN3O/c1-4-13-28-22-11-6-5-10-21(22)26-23(28)17-27(14-12-18(2)3)24(29)16-19-8-7-9-20(25)15-19/h5-11,15,18H,4,12-14,16-17H2,1-3H3. The molecule has 0 bridgehead atoms. The first kappa shape index (κ1) is 21.0. The van der Waals surface area contributed by atoms with Gasteiger partial charge in [0.05, 0.1) is 24.0 Å². The first-order valence-electron chi connectivity index (χ1n) is 10.4. The highest BCUT2D eigenvalue weighted by atomic mass is 19.1. The van der Waals surface area contributed by atoms with Crippen molar-refractivity contribution in [1.29, 1.82) is 0 Å². The van der Waals surface area contributed by atoms with Gasteiger partial charge in [0.1, 0.15) is 11.6 Å². The molecule has 1 amide bonds. The van der Waals surface area contributed by atoms with E-state index in [0.29, 0.717) is 24.6 Å². The first-order chi connectivity index (χ1) is 14.0. The van der Waals surface area contributed by atoms with E-state index in [0.717, 1.165) is 36.2 Å². The molecule has 0 atom stereocenters. The van der Waals surface area contributed by atoms with E-state index in [1.54, 1.807) is 12.1 Å².